The molecule has 38 heteroatoms. The Bertz CT molecular complexity index is 4000. The first-order valence-corrected chi connectivity index (χ1v) is 34.8. The van der Waals surface area contributed by atoms with E-state index in [1.807, 2.05) is 0 Å². The number of nitrogens with one attached hydrogen (secondary N) is 14. The predicted octanol–water partition coefficient (Wildman–Crippen LogP) is -4.35. The molecular weight excluding hydrogens is 1420 g/mol. The van der Waals surface area contributed by atoms with Crippen molar-refractivity contribution >= 4 is 142 Å². The Labute approximate surface area is 618 Å². The number of phenols is 1. The minimum absolute atomic E-state index is 0.121. The van der Waals surface area contributed by atoms with Crippen molar-refractivity contribution in [2.24, 2.45) is 23.1 Å². The number of aliphatic carboxylic acids is 1. The average Bonchev–Trinajstić information content (AvgIpc) is 1.64. The first kappa shape index (κ1) is 85.4. The second-order valence-electron chi connectivity index (χ2n) is 25.4. The van der Waals surface area contributed by atoms with Crippen LogP contribution in [0, 0.1) is 5.92 Å². The zero-order chi connectivity index (χ0) is 78.5. The number of hydrogen-bond donors (Lipinski definition) is 22. The largest absolute Gasteiger partial charge is 0.508 e. The molecule has 0 saturated carbocycles. The van der Waals surface area contributed by atoms with Gasteiger partial charge in [0.25, 0.3) is 0 Å². The van der Waals surface area contributed by atoms with E-state index in [2.05, 4.69) is 99.0 Å². The summed E-state index contributed by atoms with van der Waals surface area (Å²) in [6, 6.07) is 2.92. The first-order valence-electron chi connectivity index (χ1n) is 33.6. The smallest absolute Gasteiger partial charge is 0.303 e. The van der Waals surface area contributed by atoms with E-state index in [0.29, 0.717) is 38.5 Å². The van der Waals surface area contributed by atoms with Crippen LogP contribution in [0.3, 0.4) is 0 Å². The van der Waals surface area contributed by atoms with Crippen molar-refractivity contribution in [3.05, 3.63) is 102 Å². The van der Waals surface area contributed by atoms with Gasteiger partial charge in [0.2, 0.25) is 88.6 Å². The molecule has 2 aromatic heterocycles. The van der Waals surface area contributed by atoms with Crippen molar-refractivity contribution in [2.75, 3.05) is 24.6 Å². The van der Waals surface area contributed by atoms with Crippen LogP contribution < -0.4 is 81.0 Å². The summed E-state index contributed by atoms with van der Waals surface area (Å²) in [6.45, 7) is 4.48. The molecule has 0 aliphatic rings. The van der Waals surface area contributed by atoms with Crippen LogP contribution in [0.2, 0.25) is 0 Å². The van der Waals surface area contributed by atoms with Gasteiger partial charge in [0.15, 0.2) is 0 Å². The van der Waals surface area contributed by atoms with Gasteiger partial charge in [-0.25, -0.2) is 0 Å². The standard InChI is InChI=1S/C68H91N17O19S2/c1-33(2)13-18-44(61(97)77-46(20-22-57(93)94)62(98)82-50(26-54(70)90)59(95)74-29-55(71)91)78-65(101)48(24-37-27-72-42-11-7-5-9-40(37)42)81-64(100)47(23-36-14-16-39(88)17-15-36)80-67(103)52(32-106)84-63(99)45(19-21-53(69)89)79-66(102)49(25-38-28-73-43-12-8-6-10-41(38)43)83-68(104)58(34(3)86)85-56(92)30-75-60(96)51(31-105)76-35(4)87/h5-12,14-17,27-28,33-34,44-52,58,72-73,86,88,105-106H,13,18-26,29-32H2,1-4H3,(H2,69,89)(H2,70,90)(H2,71,91)(H,74,95)(H,75,96)(H,76,87)(H,77,97)(H,78,101)(H,79,102)(H,80,103)(H,81,100)(H,82,98)(H,83,104)(H,84,99)(H,85,92)(H,93,94)/t34-,44+,45+,46+,47+,48+,49+,50+,51+,52+,58+/m1/s1. The molecule has 5 aromatic rings. The van der Waals surface area contributed by atoms with E-state index in [-0.39, 0.29) is 49.5 Å². The molecule has 0 spiro atoms. The molecule has 3 aromatic carbocycles. The van der Waals surface area contributed by atoms with Gasteiger partial charge in [0.05, 0.1) is 25.6 Å². The van der Waals surface area contributed by atoms with Crippen molar-refractivity contribution in [1.82, 2.24) is 73.8 Å². The summed E-state index contributed by atoms with van der Waals surface area (Å²) in [7, 11) is 0. The summed E-state index contributed by atoms with van der Waals surface area (Å²) in [6.07, 6.45) is -2.56. The number of phenolic OH excluding ortho intramolecular Hbond substituents is 1. The second kappa shape index (κ2) is 41.9. The first-order chi connectivity index (χ1) is 50.2. The number of fused-ring (bicyclic) bond motifs is 2. The number of carbonyl (C=O) groups is 16. The molecule has 0 fully saturated rings. The van der Waals surface area contributed by atoms with Gasteiger partial charge in [0, 0.05) is 84.7 Å². The van der Waals surface area contributed by atoms with E-state index < -0.39 is 212 Å². The van der Waals surface area contributed by atoms with Crippen molar-refractivity contribution in [3.63, 3.8) is 0 Å². The van der Waals surface area contributed by atoms with Gasteiger partial charge in [-0.15, -0.1) is 0 Å². The third-order valence-electron chi connectivity index (χ3n) is 16.4. The Morgan fingerprint density at radius 2 is 0.840 bits per heavy atom. The minimum Gasteiger partial charge on any atom is -0.508 e. The van der Waals surface area contributed by atoms with Crippen molar-refractivity contribution in [2.45, 2.75) is 158 Å². The lowest BCUT2D eigenvalue weighted by Gasteiger charge is -2.28. The van der Waals surface area contributed by atoms with Crippen LogP contribution in [0.5, 0.6) is 5.75 Å². The molecule has 2 heterocycles. The van der Waals surface area contributed by atoms with Crippen LogP contribution >= 0.6 is 25.3 Å². The summed E-state index contributed by atoms with van der Waals surface area (Å²) in [5.74, 6) is -17.4. The maximum atomic E-state index is 15.1. The molecule has 5 rings (SSSR count). The number of benzene rings is 3. The topological polar surface area (TPSA) is 588 Å². The lowest BCUT2D eigenvalue weighted by atomic mass is 9.99. The highest BCUT2D eigenvalue weighted by Crippen LogP contribution is 2.22. The third kappa shape index (κ3) is 27.7. The normalized spacial score (nSPS) is 14.2. The maximum absolute atomic E-state index is 15.1. The van der Waals surface area contributed by atoms with Crippen LogP contribution in [0.25, 0.3) is 21.8 Å². The monoisotopic (exact) mass is 1510 g/mol. The van der Waals surface area contributed by atoms with E-state index in [9.17, 15) is 82.4 Å². The maximum Gasteiger partial charge on any atom is 0.303 e. The van der Waals surface area contributed by atoms with Crippen LogP contribution in [0.4, 0.5) is 0 Å². The van der Waals surface area contributed by atoms with E-state index >= 15 is 9.59 Å². The number of aromatic nitrogens is 2. The lowest BCUT2D eigenvalue weighted by Crippen LogP contribution is -2.62. The molecule has 36 nitrogen and oxygen atoms in total. The van der Waals surface area contributed by atoms with Crippen molar-refractivity contribution in [1.29, 1.82) is 0 Å². The van der Waals surface area contributed by atoms with Crippen LogP contribution in [-0.2, 0) is 96.0 Å². The number of carbonyl (C=O) groups excluding carboxylic acids is 15. The van der Waals surface area contributed by atoms with E-state index in [0.717, 1.165) is 13.8 Å². The summed E-state index contributed by atoms with van der Waals surface area (Å²) in [5.41, 5.74) is 18.5. The number of amides is 15. The van der Waals surface area contributed by atoms with Crippen LogP contribution in [0.15, 0.2) is 85.2 Å². The molecule has 0 aliphatic carbocycles. The fourth-order valence-electron chi connectivity index (χ4n) is 10.8. The van der Waals surface area contributed by atoms with Gasteiger partial charge in [-0.1, -0.05) is 62.4 Å². The molecule has 11 atom stereocenters. The molecule has 574 valence electrons. The Hall–Kier alpha value is -11.3. The number of aromatic amines is 2. The van der Waals surface area contributed by atoms with Gasteiger partial charge in [-0.05, 0) is 79.5 Å². The zero-order valence-electron chi connectivity index (χ0n) is 58.4. The van der Waals surface area contributed by atoms with E-state index in [4.69, 9.17) is 17.2 Å². The summed E-state index contributed by atoms with van der Waals surface area (Å²) < 4.78 is 0. The fraction of sp³-hybridized carbons (Fsp3) is 0.441. The fourth-order valence-corrected chi connectivity index (χ4v) is 11.3. The average molecular weight is 1510 g/mol. The number of hydrogen-bond acceptors (Lipinski definition) is 20. The number of aromatic hydroxyl groups is 1. The highest BCUT2D eigenvalue weighted by atomic mass is 32.1. The number of carboxylic acid groups (broad SMARTS) is 1. The zero-order valence-corrected chi connectivity index (χ0v) is 60.2. The van der Waals surface area contributed by atoms with Gasteiger partial charge in [0.1, 0.15) is 66.2 Å². The minimum atomic E-state index is -1.78. The van der Waals surface area contributed by atoms with Crippen LogP contribution in [-0.4, -0.2) is 211 Å². The lowest BCUT2D eigenvalue weighted by molar-refractivity contribution is -0.139. The number of aliphatic hydroxyl groups excluding tert-OH is 1. The number of H-pyrrole nitrogens is 2. The van der Waals surface area contributed by atoms with Gasteiger partial charge < -0.3 is 106 Å². The Morgan fingerprint density at radius 1 is 0.434 bits per heavy atom. The third-order valence-corrected chi connectivity index (χ3v) is 17.1. The highest BCUT2D eigenvalue weighted by molar-refractivity contribution is 7.80. The Balaban J connectivity index is 1.46. The molecule has 23 N–H and O–H groups in total. The Morgan fingerprint density at radius 3 is 1.29 bits per heavy atom. The number of aliphatic hydroxyl groups is 1. The van der Waals surface area contributed by atoms with Gasteiger partial charge in [-0.2, -0.15) is 25.3 Å². The molecule has 0 saturated heterocycles. The quantitative estimate of drug-likeness (QED) is 0.0164. The molecule has 0 aliphatic heterocycles. The number of primary amides is 3. The second-order valence-corrected chi connectivity index (χ2v) is 26.1. The summed E-state index contributed by atoms with van der Waals surface area (Å²) >= 11 is 8.39. The van der Waals surface area contributed by atoms with E-state index in [1.54, 1.807) is 74.8 Å². The molecular formula is C68H91N17O19S2. The van der Waals surface area contributed by atoms with Gasteiger partial charge >= 0.3 is 5.97 Å². The molecule has 15 amide bonds. The summed E-state index contributed by atoms with van der Waals surface area (Å²) in [4.78, 5) is 221. The van der Waals surface area contributed by atoms with Gasteiger partial charge in [-0.3, -0.25) is 76.7 Å². The number of nitrogens with two attached hydrogens (primary N) is 3. The van der Waals surface area contributed by atoms with Crippen molar-refractivity contribution in [3.8, 4) is 5.75 Å². The van der Waals surface area contributed by atoms with E-state index in [1.165, 1.54) is 24.3 Å². The summed E-state index contributed by atoms with van der Waals surface area (Å²) in [5, 5.41) is 61.1. The molecule has 0 unspecified atom stereocenters. The number of thiol groups is 2. The van der Waals surface area contributed by atoms with Crippen molar-refractivity contribution < 1.29 is 92.0 Å². The SMILES string of the molecule is CC(=O)N[C@@H](CS)C(=O)NCC(=O)N[C@H](C(=O)N[C@@H](Cc1c[nH]c2ccccc12)C(=O)N[C@@H](CCC(N)=O)C(=O)N[C@@H](CS)C(=O)N[C@@H](Cc1ccc(O)cc1)C(=O)N[C@@H](Cc1c[nH]c2ccccc12)C(=O)N[C@@H](CCC(C)C)C(=O)N[C@@H](CCC(=O)O)C(=O)N[C@@H](CC(N)=O)C(=O)NCC(N)=O)[C@@H](C)O. The number of carboxylic acids is 1. The predicted molar refractivity (Wildman–Crippen MR) is 389 cm³/mol. The molecule has 0 radical (unpaired) electrons. The molecule has 106 heavy (non-hydrogen) atoms. The van der Waals surface area contributed by atoms with Crippen LogP contribution in [0.1, 0.15) is 89.3 Å². The molecule has 0 bridgehead atoms. The Kier molecular flexibility index (Phi) is 33.7. The highest BCUT2D eigenvalue weighted by Gasteiger charge is 2.38. The number of rotatable bonds is 44. The number of para-hydroxylation sites is 2.